The Hall–Kier alpha value is -2.06. The first-order chi connectivity index (χ1) is 8.19. The monoisotopic (exact) mass is 244 g/mol. The number of anilines is 2. The molecule has 1 aromatic heterocycles. The highest BCUT2D eigenvalue weighted by Gasteiger charge is 2.01. The van der Waals surface area contributed by atoms with Crippen molar-refractivity contribution in [3.05, 3.63) is 39.8 Å². The number of benzene rings is 1. The van der Waals surface area contributed by atoms with Crippen molar-refractivity contribution < 1.29 is 0 Å². The van der Waals surface area contributed by atoms with Crippen LogP contribution in [0, 0.1) is 18.3 Å². The smallest absolute Gasteiger partial charge is 0.101 e. The van der Waals surface area contributed by atoms with Crippen LogP contribution in [0.5, 0.6) is 0 Å². The van der Waals surface area contributed by atoms with Gasteiger partial charge in [-0.1, -0.05) is 0 Å². The highest BCUT2D eigenvalue weighted by atomic mass is 32.1. The van der Waals surface area contributed by atoms with Crippen LogP contribution in [0.1, 0.15) is 16.3 Å². The third-order valence-corrected chi connectivity index (χ3v) is 3.14. The molecular formula is C12H12N4S. The minimum absolute atomic E-state index is 0.490. The lowest BCUT2D eigenvalue weighted by Crippen LogP contribution is -2.01. The zero-order valence-electron chi connectivity index (χ0n) is 9.40. The number of aromatic nitrogens is 1. The van der Waals surface area contributed by atoms with Crippen molar-refractivity contribution in [2.45, 2.75) is 13.5 Å². The molecule has 5 heteroatoms. The van der Waals surface area contributed by atoms with Crippen LogP contribution in [0.25, 0.3) is 0 Å². The van der Waals surface area contributed by atoms with E-state index in [0.717, 1.165) is 16.4 Å². The van der Waals surface area contributed by atoms with Gasteiger partial charge in [-0.2, -0.15) is 5.26 Å². The second kappa shape index (κ2) is 4.85. The van der Waals surface area contributed by atoms with Crippen molar-refractivity contribution in [2.24, 2.45) is 0 Å². The first-order valence-electron chi connectivity index (χ1n) is 5.13. The maximum absolute atomic E-state index is 8.86. The predicted octanol–water partition coefficient (Wildman–Crippen LogP) is 2.52. The second-order valence-corrected chi connectivity index (χ2v) is 4.69. The Morgan fingerprint density at radius 3 is 3.00 bits per heavy atom. The molecule has 0 saturated carbocycles. The van der Waals surface area contributed by atoms with Gasteiger partial charge in [0.25, 0.3) is 0 Å². The summed E-state index contributed by atoms with van der Waals surface area (Å²) in [6, 6.07) is 7.39. The van der Waals surface area contributed by atoms with E-state index in [2.05, 4.69) is 16.4 Å². The average Bonchev–Trinajstić information content (AvgIpc) is 2.74. The van der Waals surface area contributed by atoms with Crippen molar-refractivity contribution >= 4 is 22.7 Å². The zero-order chi connectivity index (χ0) is 12.3. The van der Waals surface area contributed by atoms with Crippen LogP contribution >= 0.6 is 11.3 Å². The van der Waals surface area contributed by atoms with Gasteiger partial charge in [0.05, 0.1) is 22.8 Å². The molecule has 86 valence electrons. The fourth-order valence-electron chi connectivity index (χ4n) is 1.45. The Kier molecular flexibility index (Phi) is 3.26. The van der Waals surface area contributed by atoms with Crippen LogP contribution in [0.3, 0.4) is 0 Å². The lowest BCUT2D eigenvalue weighted by Gasteiger charge is -2.05. The molecule has 1 heterocycles. The average molecular weight is 244 g/mol. The van der Waals surface area contributed by atoms with Gasteiger partial charge in [-0.15, -0.1) is 11.3 Å². The van der Waals surface area contributed by atoms with E-state index in [-0.39, 0.29) is 0 Å². The van der Waals surface area contributed by atoms with E-state index in [9.17, 15) is 0 Å². The van der Waals surface area contributed by atoms with Crippen LogP contribution in [0.2, 0.25) is 0 Å². The summed E-state index contributed by atoms with van der Waals surface area (Å²) in [7, 11) is 0. The third kappa shape index (κ3) is 2.74. The van der Waals surface area contributed by atoms with Gasteiger partial charge in [-0.05, 0) is 25.1 Å². The summed E-state index contributed by atoms with van der Waals surface area (Å²) in [6.45, 7) is 2.63. The molecule has 1 aromatic carbocycles. The molecule has 0 aliphatic carbocycles. The van der Waals surface area contributed by atoms with Gasteiger partial charge in [0.1, 0.15) is 6.07 Å². The van der Waals surface area contributed by atoms with Crippen LogP contribution in [-0.4, -0.2) is 4.98 Å². The first-order valence-corrected chi connectivity index (χ1v) is 6.01. The summed E-state index contributed by atoms with van der Waals surface area (Å²) >= 11 is 1.63. The van der Waals surface area contributed by atoms with E-state index < -0.39 is 0 Å². The van der Waals surface area contributed by atoms with Crippen LogP contribution in [0.4, 0.5) is 11.4 Å². The fourth-order valence-corrected chi connectivity index (χ4v) is 2.06. The Balaban J connectivity index is 2.07. The predicted molar refractivity (Wildman–Crippen MR) is 69.7 cm³/mol. The zero-order valence-corrected chi connectivity index (χ0v) is 10.2. The van der Waals surface area contributed by atoms with Crippen molar-refractivity contribution in [3.63, 3.8) is 0 Å². The van der Waals surface area contributed by atoms with E-state index in [1.54, 1.807) is 23.5 Å². The lowest BCUT2D eigenvalue weighted by molar-refractivity contribution is 1.05. The van der Waals surface area contributed by atoms with Gasteiger partial charge in [-0.3, -0.25) is 0 Å². The number of aryl methyl sites for hydroxylation is 1. The normalized spacial score (nSPS) is 9.88. The minimum Gasteiger partial charge on any atom is -0.398 e. The van der Waals surface area contributed by atoms with E-state index >= 15 is 0 Å². The van der Waals surface area contributed by atoms with Crippen molar-refractivity contribution in [1.82, 2.24) is 4.98 Å². The Morgan fingerprint density at radius 2 is 2.35 bits per heavy atom. The molecule has 4 nitrogen and oxygen atoms in total. The first kappa shape index (κ1) is 11.4. The number of nitriles is 1. The van der Waals surface area contributed by atoms with Crippen LogP contribution in [0.15, 0.2) is 23.6 Å². The van der Waals surface area contributed by atoms with E-state index in [1.165, 1.54) is 0 Å². The number of nitrogens with zero attached hydrogens (tertiary/aromatic N) is 2. The second-order valence-electron chi connectivity index (χ2n) is 3.63. The molecule has 0 aliphatic heterocycles. The SMILES string of the molecule is Cc1nc(CNc2ccc(N)c(C#N)c2)cs1. The summed E-state index contributed by atoms with van der Waals surface area (Å²) in [5.41, 5.74) is 8.52. The standard InChI is InChI=1S/C12H12N4S/c1-8-16-11(7-17-8)6-15-10-2-3-12(14)9(4-10)5-13/h2-4,7,15H,6,14H2,1H3. The van der Waals surface area contributed by atoms with Gasteiger partial charge in [-0.25, -0.2) is 4.98 Å². The number of rotatable bonds is 3. The molecule has 2 aromatic rings. The van der Waals surface area contributed by atoms with Crippen LogP contribution in [-0.2, 0) is 6.54 Å². The topological polar surface area (TPSA) is 74.7 Å². The van der Waals surface area contributed by atoms with Gasteiger partial charge < -0.3 is 11.1 Å². The fraction of sp³-hybridized carbons (Fsp3) is 0.167. The Labute approximate surface area is 104 Å². The minimum atomic E-state index is 0.490. The van der Waals surface area contributed by atoms with E-state index in [4.69, 9.17) is 11.0 Å². The molecule has 0 fully saturated rings. The van der Waals surface area contributed by atoms with Crippen molar-refractivity contribution in [3.8, 4) is 6.07 Å². The largest absolute Gasteiger partial charge is 0.398 e. The number of nitrogens with one attached hydrogen (secondary N) is 1. The summed E-state index contributed by atoms with van der Waals surface area (Å²) in [5, 5.41) is 15.1. The number of nitrogens with two attached hydrogens (primary N) is 1. The molecule has 2 rings (SSSR count). The Morgan fingerprint density at radius 1 is 1.53 bits per heavy atom. The molecule has 0 saturated heterocycles. The maximum atomic E-state index is 8.86. The van der Waals surface area contributed by atoms with Gasteiger partial charge in [0.15, 0.2) is 0 Å². The summed E-state index contributed by atoms with van der Waals surface area (Å²) < 4.78 is 0. The molecule has 17 heavy (non-hydrogen) atoms. The van der Waals surface area contributed by atoms with Gasteiger partial charge >= 0.3 is 0 Å². The number of nitrogen functional groups attached to an aromatic ring is 1. The molecule has 0 radical (unpaired) electrons. The van der Waals surface area contributed by atoms with E-state index in [1.807, 2.05) is 18.4 Å². The molecular weight excluding hydrogens is 232 g/mol. The molecule has 3 N–H and O–H groups in total. The summed E-state index contributed by atoms with van der Waals surface area (Å²) in [6.07, 6.45) is 0. The summed E-state index contributed by atoms with van der Waals surface area (Å²) in [4.78, 5) is 4.35. The molecule has 0 bridgehead atoms. The van der Waals surface area contributed by atoms with E-state index in [0.29, 0.717) is 17.8 Å². The molecule has 0 spiro atoms. The number of hydrogen-bond acceptors (Lipinski definition) is 5. The summed E-state index contributed by atoms with van der Waals surface area (Å²) in [5.74, 6) is 0. The Bertz CT molecular complexity index is 568. The van der Waals surface area contributed by atoms with Gasteiger partial charge in [0.2, 0.25) is 0 Å². The molecule has 0 aliphatic rings. The van der Waals surface area contributed by atoms with Crippen LogP contribution < -0.4 is 11.1 Å². The quantitative estimate of drug-likeness (QED) is 0.813. The van der Waals surface area contributed by atoms with Gasteiger partial charge in [0, 0.05) is 16.8 Å². The number of hydrogen-bond donors (Lipinski definition) is 2. The third-order valence-electron chi connectivity index (χ3n) is 2.31. The number of thiazole rings is 1. The molecule has 0 unspecified atom stereocenters. The van der Waals surface area contributed by atoms with Crippen molar-refractivity contribution in [2.75, 3.05) is 11.1 Å². The lowest BCUT2D eigenvalue weighted by atomic mass is 10.2. The van der Waals surface area contributed by atoms with Crippen molar-refractivity contribution in [1.29, 1.82) is 5.26 Å². The highest BCUT2D eigenvalue weighted by Crippen LogP contribution is 2.18. The highest BCUT2D eigenvalue weighted by molar-refractivity contribution is 7.09. The maximum Gasteiger partial charge on any atom is 0.101 e. The molecule has 0 atom stereocenters. The molecule has 0 amide bonds.